The Kier molecular flexibility index (Phi) is 2.54. The van der Waals surface area contributed by atoms with E-state index in [1.807, 2.05) is 0 Å². The van der Waals surface area contributed by atoms with Gasteiger partial charge in [-0.2, -0.15) is 0 Å². The molecule has 2 aliphatic rings. The fraction of sp³-hybridized carbons (Fsp3) is 0.900. The van der Waals surface area contributed by atoms with Gasteiger partial charge >= 0.3 is 5.97 Å². The summed E-state index contributed by atoms with van der Waals surface area (Å²) in [6.07, 6.45) is 6.99. The van der Waals surface area contributed by atoms with Crippen molar-refractivity contribution in [2.75, 3.05) is 0 Å². The van der Waals surface area contributed by atoms with E-state index in [1.54, 1.807) is 0 Å². The molecule has 0 radical (unpaired) electrons. The van der Waals surface area contributed by atoms with Crippen LogP contribution in [0.25, 0.3) is 0 Å². The van der Waals surface area contributed by atoms with Crippen molar-refractivity contribution in [1.29, 1.82) is 0 Å². The molecule has 3 atom stereocenters. The molecule has 1 aliphatic carbocycles. The first-order chi connectivity index (χ1) is 6.27. The fourth-order valence-corrected chi connectivity index (χ4v) is 2.69. The monoisotopic (exact) mass is 183 g/mol. The standard InChI is InChI=1S/C10H17NO2/c12-10(13)9-6-5-7-3-1-2-4-8(7)11-9/h7-9,11H,1-6H2,(H,12,13)/t7-,8+,9-/m1/s1. The maximum absolute atomic E-state index is 10.8. The maximum Gasteiger partial charge on any atom is 0.320 e. The Hall–Kier alpha value is -0.570. The van der Waals surface area contributed by atoms with Gasteiger partial charge in [-0.1, -0.05) is 12.8 Å². The van der Waals surface area contributed by atoms with Crippen LogP contribution in [-0.4, -0.2) is 23.2 Å². The van der Waals surface area contributed by atoms with E-state index in [1.165, 1.54) is 25.7 Å². The molecule has 0 unspecified atom stereocenters. The van der Waals surface area contributed by atoms with Crippen LogP contribution >= 0.6 is 0 Å². The van der Waals surface area contributed by atoms with E-state index in [4.69, 9.17) is 5.11 Å². The molecule has 2 fully saturated rings. The van der Waals surface area contributed by atoms with E-state index in [0.717, 1.165) is 18.8 Å². The molecule has 3 heteroatoms. The Morgan fingerprint density at radius 2 is 1.92 bits per heavy atom. The van der Waals surface area contributed by atoms with E-state index >= 15 is 0 Å². The van der Waals surface area contributed by atoms with Gasteiger partial charge in [-0.25, -0.2) is 0 Å². The van der Waals surface area contributed by atoms with Crippen LogP contribution in [0, 0.1) is 5.92 Å². The van der Waals surface area contributed by atoms with Crippen molar-refractivity contribution in [3.05, 3.63) is 0 Å². The van der Waals surface area contributed by atoms with Crippen molar-refractivity contribution >= 4 is 5.97 Å². The van der Waals surface area contributed by atoms with Crippen LogP contribution in [0.1, 0.15) is 38.5 Å². The van der Waals surface area contributed by atoms with Crippen LogP contribution in [0.15, 0.2) is 0 Å². The van der Waals surface area contributed by atoms with Gasteiger partial charge in [0, 0.05) is 6.04 Å². The van der Waals surface area contributed by atoms with Crippen LogP contribution in [0.2, 0.25) is 0 Å². The Balaban J connectivity index is 1.95. The lowest BCUT2D eigenvalue weighted by Gasteiger charge is -2.39. The van der Waals surface area contributed by atoms with E-state index in [-0.39, 0.29) is 6.04 Å². The molecule has 0 amide bonds. The number of carboxylic acid groups (broad SMARTS) is 1. The van der Waals surface area contributed by atoms with E-state index < -0.39 is 5.97 Å². The molecule has 3 nitrogen and oxygen atoms in total. The fourth-order valence-electron chi connectivity index (χ4n) is 2.69. The number of hydrogen-bond acceptors (Lipinski definition) is 2. The highest BCUT2D eigenvalue weighted by atomic mass is 16.4. The molecule has 0 spiro atoms. The molecule has 0 aromatic rings. The first kappa shape index (κ1) is 9.00. The Morgan fingerprint density at radius 1 is 1.15 bits per heavy atom. The second-order valence-electron chi connectivity index (χ2n) is 4.29. The summed E-state index contributed by atoms with van der Waals surface area (Å²) in [6, 6.07) is 0.211. The van der Waals surface area contributed by atoms with Gasteiger partial charge in [0.1, 0.15) is 6.04 Å². The highest BCUT2D eigenvalue weighted by Crippen LogP contribution is 2.32. The van der Waals surface area contributed by atoms with Crippen molar-refractivity contribution in [3.63, 3.8) is 0 Å². The van der Waals surface area contributed by atoms with E-state index in [0.29, 0.717) is 6.04 Å². The zero-order chi connectivity index (χ0) is 9.26. The van der Waals surface area contributed by atoms with Gasteiger partial charge in [-0.15, -0.1) is 0 Å². The molecular formula is C10H17NO2. The number of carboxylic acids is 1. The van der Waals surface area contributed by atoms with Gasteiger partial charge < -0.3 is 10.4 Å². The molecule has 2 N–H and O–H groups in total. The number of aliphatic carboxylic acids is 1. The van der Waals surface area contributed by atoms with Gasteiger partial charge in [-0.05, 0) is 31.6 Å². The summed E-state index contributed by atoms with van der Waals surface area (Å²) in [6.45, 7) is 0. The van der Waals surface area contributed by atoms with Crippen molar-refractivity contribution < 1.29 is 9.90 Å². The third-order valence-electron chi connectivity index (χ3n) is 3.45. The minimum absolute atomic E-state index is 0.278. The smallest absolute Gasteiger partial charge is 0.320 e. The predicted molar refractivity (Wildman–Crippen MR) is 49.5 cm³/mol. The lowest BCUT2D eigenvalue weighted by atomic mass is 9.78. The first-order valence-corrected chi connectivity index (χ1v) is 5.26. The molecule has 13 heavy (non-hydrogen) atoms. The number of fused-ring (bicyclic) bond motifs is 1. The lowest BCUT2D eigenvalue weighted by molar-refractivity contribution is -0.141. The maximum atomic E-state index is 10.8. The summed E-state index contributed by atoms with van der Waals surface area (Å²) in [7, 11) is 0. The van der Waals surface area contributed by atoms with Gasteiger partial charge in [0.25, 0.3) is 0 Å². The molecule has 2 rings (SSSR count). The summed E-state index contributed by atoms with van der Waals surface area (Å²) >= 11 is 0. The zero-order valence-electron chi connectivity index (χ0n) is 7.83. The van der Waals surface area contributed by atoms with Crippen molar-refractivity contribution in [1.82, 2.24) is 5.32 Å². The first-order valence-electron chi connectivity index (χ1n) is 5.26. The Labute approximate surface area is 78.5 Å². The van der Waals surface area contributed by atoms with Crippen molar-refractivity contribution in [3.8, 4) is 0 Å². The number of nitrogens with one attached hydrogen (secondary N) is 1. The van der Waals surface area contributed by atoms with Crippen molar-refractivity contribution in [2.45, 2.75) is 50.6 Å². The zero-order valence-corrected chi connectivity index (χ0v) is 7.83. The van der Waals surface area contributed by atoms with Crippen LogP contribution in [0.3, 0.4) is 0 Å². The number of piperidine rings is 1. The van der Waals surface area contributed by atoms with Gasteiger partial charge in [0.2, 0.25) is 0 Å². The second-order valence-corrected chi connectivity index (χ2v) is 4.29. The number of hydrogen-bond donors (Lipinski definition) is 2. The third-order valence-corrected chi connectivity index (χ3v) is 3.45. The Bertz CT molecular complexity index is 205. The molecule has 0 aromatic carbocycles. The second kappa shape index (κ2) is 3.66. The largest absolute Gasteiger partial charge is 0.480 e. The van der Waals surface area contributed by atoms with Gasteiger partial charge in [-0.3, -0.25) is 4.79 Å². The average Bonchev–Trinajstić information content (AvgIpc) is 2.17. The summed E-state index contributed by atoms with van der Waals surface area (Å²) < 4.78 is 0. The molecule has 1 heterocycles. The summed E-state index contributed by atoms with van der Waals surface area (Å²) in [5, 5.41) is 12.1. The third kappa shape index (κ3) is 1.85. The predicted octanol–water partition coefficient (Wildman–Crippen LogP) is 1.38. The number of carbonyl (C=O) groups is 1. The molecule has 1 saturated heterocycles. The summed E-state index contributed by atoms with van der Waals surface area (Å²) in [4.78, 5) is 10.8. The Morgan fingerprint density at radius 3 is 2.69 bits per heavy atom. The van der Waals surface area contributed by atoms with Crippen LogP contribution in [-0.2, 0) is 4.79 Å². The number of rotatable bonds is 1. The molecular weight excluding hydrogens is 166 g/mol. The molecule has 0 bridgehead atoms. The van der Waals surface area contributed by atoms with Gasteiger partial charge in [0.05, 0.1) is 0 Å². The summed E-state index contributed by atoms with van der Waals surface area (Å²) in [5.41, 5.74) is 0. The minimum atomic E-state index is -0.677. The van der Waals surface area contributed by atoms with Crippen LogP contribution < -0.4 is 5.32 Å². The summed E-state index contributed by atoms with van der Waals surface area (Å²) in [5.74, 6) is 0.0772. The van der Waals surface area contributed by atoms with E-state index in [2.05, 4.69) is 5.32 Å². The average molecular weight is 183 g/mol. The normalized spacial score (nSPS) is 39.5. The quantitative estimate of drug-likeness (QED) is 0.645. The molecule has 0 aromatic heterocycles. The highest BCUT2D eigenvalue weighted by Gasteiger charge is 2.34. The molecule has 1 saturated carbocycles. The van der Waals surface area contributed by atoms with Gasteiger partial charge in [0.15, 0.2) is 0 Å². The minimum Gasteiger partial charge on any atom is -0.480 e. The topological polar surface area (TPSA) is 49.3 Å². The van der Waals surface area contributed by atoms with Crippen molar-refractivity contribution in [2.24, 2.45) is 5.92 Å². The van der Waals surface area contributed by atoms with Crippen LogP contribution in [0.5, 0.6) is 0 Å². The highest BCUT2D eigenvalue weighted by molar-refractivity contribution is 5.73. The lowest BCUT2D eigenvalue weighted by Crippen LogP contribution is -2.51. The van der Waals surface area contributed by atoms with E-state index in [9.17, 15) is 4.79 Å². The van der Waals surface area contributed by atoms with Crippen LogP contribution in [0.4, 0.5) is 0 Å². The molecule has 74 valence electrons. The molecule has 1 aliphatic heterocycles. The SMILES string of the molecule is O=C(O)[C@H]1CC[C@H]2CCCC[C@@H]2N1.